The van der Waals surface area contributed by atoms with Gasteiger partial charge in [0, 0.05) is 5.69 Å². The van der Waals surface area contributed by atoms with Gasteiger partial charge in [-0.05, 0) is 39.8 Å². The van der Waals surface area contributed by atoms with E-state index >= 15 is 0 Å². The lowest BCUT2D eigenvalue weighted by Crippen LogP contribution is -2.72. The summed E-state index contributed by atoms with van der Waals surface area (Å²) in [5.74, 6) is -1.42. The van der Waals surface area contributed by atoms with Crippen molar-refractivity contribution in [1.29, 1.82) is 0 Å². The van der Waals surface area contributed by atoms with Crippen LogP contribution in [0.3, 0.4) is 0 Å². The number of benzene rings is 1. The van der Waals surface area contributed by atoms with E-state index in [4.69, 9.17) is 9.47 Å². The molecule has 3 rings (SSSR count). The van der Waals surface area contributed by atoms with Crippen LogP contribution >= 0.6 is 11.8 Å². The fourth-order valence-corrected chi connectivity index (χ4v) is 6.07. The highest BCUT2D eigenvalue weighted by Gasteiger charge is 2.79. The molecule has 0 amide bonds. The molecule has 1 aromatic carbocycles. The number of carbonyl (C=O) groups is 3. The lowest BCUT2D eigenvalue weighted by atomic mass is 9.50. The average Bonchev–Trinajstić information content (AvgIpc) is 3.15. The van der Waals surface area contributed by atoms with Gasteiger partial charge in [-0.1, -0.05) is 30.0 Å². The topological polar surface area (TPSA) is 106 Å². The molecule has 9 heteroatoms. The van der Waals surface area contributed by atoms with Gasteiger partial charge in [0.25, 0.3) is 4.87 Å². The van der Waals surface area contributed by atoms with Gasteiger partial charge < -0.3 is 14.8 Å². The number of esters is 2. The molecule has 0 bridgehead atoms. The molecular weight excluding hydrogens is 394 g/mol. The van der Waals surface area contributed by atoms with Crippen molar-refractivity contribution in [3.63, 3.8) is 0 Å². The zero-order valence-corrected chi connectivity index (χ0v) is 18.1. The van der Waals surface area contributed by atoms with Crippen LogP contribution in [0.5, 0.6) is 0 Å². The van der Waals surface area contributed by atoms with Crippen molar-refractivity contribution in [2.75, 3.05) is 19.5 Å². The molecule has 8 nitrogen and oxygen atoms in total. The van der Waals surface area contributed by atoms with E-state index in [1.54, 1.807) is 52.0 Å². The number of anilines is 1. The highest BCUT2D eigenvalue weighted by molar-refractivity contribution is 8.03. The molecule has 1 aromatic rings. The fraction of sp³-hybridized carbons (Fsp3) is 0.550. The van der Waals surface area contributed by atoms with Crippen LogP contribution in [-0.4, -0.2) is 47.7 Å². The summed E-state index contributed by atoms with van der Waals surface area (Å²) < 4.78 is 10.0. The second-order valence-corrected chi connectivity index (χ2v) is 9.60. The molecule has 2 atom stereocenters. The minimum absolute atomic E-state index is 0.0164. The van der Waals surface area contributed by atoms with Crippen molar-refractivity contribution in [2.45, 2.75) is 43.5 Å². The Labute approximate surface area is 173 Å². The molecule has 1 heterocycles. The maximum atomic E-state index is 13.0. The van der Waals surface area contributed by atoms with Gasteiger partial charge in [0.1, 0.15) is 0 Å². The van der Waals surface area contributed by atoms with E-state index in [0.717, 1.165) is 11.8 Å². The summed E-state index contributed by atoms with van der Waals surface area (Å²) in [5.41, 5.74) is -1.13. The van der Waals surface area contributed by atoms with Crippen molar-refractivity contribution >= 4 is 35.2 Å². The highest BCUT2D eigenvalue weighted by Crippen LogP contribution is 2.71. The SMILES string of the molecule is COC(=O)C(Nc1ccccc1)C1(C(=O)OC)N=NC2(S1)C(C)(C)C(=O)C2(C)C. The third-order valence-corrected chi connectivity index (χ3v) is 8.06. The number of nitrogens with one attached hydrogen (secondary N) is 1. The van der Waals surface area contributed by atoms with Gasteiger partial charge >= 0.3 is 11.9 Å². The second-order valence-electron chi connectivity index (χ2n) is 8.18. The number of methoxy groups -OCH3 is 2. The van der Waals surface area contributed by atoms with Crippen LogP contribution in [0.25, 0.3) is 0 Å². The minimum atomic E-state index is -1.74. The number of carbonyl (C=O) groups excluding carboxylic acids is 3. The van der Waals surface area contributed by atoms with Gasteiger partial charge in [-0.15, -0.1) is 0 Å². The molecule has 0 radical (unpaired) electrons. The number of hydrogen-bond acceptors (Lipinski definition) is 9. The maximum absolute atomic E-state index is 13.0. The lowest BCUT2D eigenvalue weighted by Gasteiger charge is -2.60. The Hall–Kier alpha value is -2.42. The first-order chi connectivity index (χ1) is 13.5. The predicted octanol–water partition coefficient (Wildman–Crippen LogP) is 3.04. The third kappa shape index (κ3) is 2.70. The van der Waals surface area contributed by atoms with Gasteiger partial charge in [-0.2, -0.15) is 10.2 Å². The Kier molecular flexibility index (Phi) is 5.01. The summed E-state index contributed by atoms with van der Waals surface area (Å²) in [6, 6.07) is 7.73. The Bertz CT molecular complexity index is 865. The summed E-state index contributed by atoms with van der Waals surface area (Å²) in [7, 11) is 2.46. The second kappa shape index (κ2) is 6.83. The molecule has 1 saturated carbocycles. The van der Waals surface area contributed by atoms with E-state index in [2.05, 4.69) is 15.5 Å². The standard InChI is InChI=1S/C20H25N3O5S/c1-17(2)15(25)18(3,4)20(17)23-22-19(29-20,16(26)28-6)13(14(24)27-5)21-12-10-8-7-9-11-12/h7-11,13,21H,1-6H3. The Morgan fingerprint density at radius 3 is 2.10 bits per heavy atom. The smallest absolute Gasteiger partial charge is 0.349 e. The number of thioether (sulfide) groups is 1. The van der Waals surface area contributed by atoms with Gasteiger partial charge in [0.05, 0.1) is 25.0 Å². The lowest BCUT2D eigenvalue weighted by molar-refractivity contribution is -0.159. The molecule has 1 fully saturated rings. The Morgan fingerprint density at radius 2 is 1.59 bits per heavy atom. The molecule has 156 valence electrons. The van der Waals surface area contributed by atoms with Gasteiger partial charge in [0.15, 0.2) is 16.7 Å². The van der Waals surface area contributed by atoms with Crippen LogP contribution in [0.4, 0.5) is 5.69 Å². The first-order valence-corrected chi connectivity index (χ1v) is 9.99. The van der Waals surface area contributed by atoms with E-state index < -0.39 is 38.6 Å². The number of para-hydroxylation sites is 1. The number of rotatable bonds is 5. The molecule has 1 aliphatic heterocycles. The van der Waals surface area contributed by atoms with Crippen molar-refractivity contribution in [3.8, 4) is 0 Å². The number of ether oxygens (including phenoxy) is 2. The molecule has 0 saturated heterocycles. The van der Waals surface area contributed by atoms with E-state index in [1.807, 2.05) is 6.07 Å². The van der Waals surface area contributed by atoms with Crippen molar-refractivity contribution in [2.24, 2.45) is 21.1 Å². The number of nitrogens with zero attached hydrogens (tertiary/aromatic N) is 2. The number of azo groups is 1. The quantitative estimate of drug-likeness (QED) is 0.731. The van der Waals surface area contributed by atoms with Gasteiger partial charge in [-0.3, -0.25) is 4.79 Å². The molecule has 1 N–H and O–H groups in total. The minimum Gasteiger partial charge on any atom is -0.467 e. The van der Waals surface area contributed by atoms with Crippen LogP contribution < -0.4 is 5.32 Å². The molecule has 0 aromatic heterocycles. The predicted molar refractivity (Wildman–Crippen MR) is 108 cm³/mol. The van der Waals surface area contributed by atoms with E-state index in [0.29, 0.717) is 5.69 Å². The Morgan fingerprint density at radius 1 is 1.00 bits per heavy atom. The molecular formula is C20H25N3O5S. The number of hydrogen-bond donors (Lipinski definition) is 1. The molecule has 1 aliphatic carbocycles. The van der Waals surface area contributed by atoms with Gasteiger partial charge in [0.2, 0.25) is 0 Å². The van der Waals surface area contributed by atoms with E-state index in [9.17, 15) is 14.4 Å². The van der Waals surface area contributed by atoms with E-state index in [-0.39, 0.29) is 5.78 Å². The highest BCUT2D eigenvalue weighted by atomic mass is 32.2. The largest absolute Gasteiger partial charge is 0.467 e. The zero-order valence-electron chi connectivity index (χ0n) is 17.3. The third-order valence-electron chi connectivity index (χ3n) is 5.86. The first-order valence-electron chi connectivity index (χ1n) is 9.17. The number of ketones is 1. The van der Waals surface area contributed by atoms with E-state index in [1.165, 1.54) is 14.2 Å². The molecule has 29 heavy (non-hydrogen) atoms. The zero-order chi connectivity index (χ0) is 21.7. The fourth-order valence-electron chi connectivity index (χ4n) is 4.32. The number of Topliss-reactive ketones (excluding diaryl/α,β-unsaturated/α-hetero) is 1. The normalized spacial score (nSPS) is 26.5. The Balaban J connectivity index is 2.10. The van der Waals surface area contributed by atoms with Crippen molar-refractivity contribution < 1.29 is 23.9 Å². The average molecular weight is 420 g/mol. The monoisotopic (exact) mass is 419 g/mol. The molecule has 1 spiro atoms. The van der Waals surface area contributed by atoms with Crippen LogP contribution in [0.2, 0.25) is 0 Å². The summed E-state index contributed by atoms with van der Waals surface area (Å²) in [6.07, 6.45) is 0. The van der Waals surface area contributed by atoms with Crippen molar-refractivity contribution in [1.82, 2.24) is 0 Å². The summed E-state index contributed by atoms with van der Waals surface area (Å²) >= 11 is 1.08. The first kappa shape index (κ1) is 21.3. The van der Waals surface area contributed by atoms with Crippen LogP contribution in [0.15, 0.2) is 40.6 Å². The van der Waals surface area contributed by atoms with Crippen LogP contribution in [-0.2, 0) is 23.9 Å². The van der Waals surface area contributed by atoms with Crippen LogP contribution in [0.1, 0.15) is 27.7 Å². The summed E-state index contributed by atoms with van der Waals surface area (Å²) in [6.45, 7) is 7.10. The summed E-state index contributed by atoms with van der Waals surface area (Å²) in [4.78, 5) is 35.7. The maximum Gasteiger partial charge on any atom is 0.349 e. The molecule has 2 aliphatic rings. The van der Waals surface area contributed by atoms with Crippen LogP contribution in [0, 0.1) is 10.8 Å². The van der Waals surface area contributed by atoms with Gasteiger partial charge in [-0.25, -0.2) is 9.59 Å². The summed E-state index contributed by atoms with van der Waals surface area (Å²) in [5, 5.41) is 11.8. The van der Waals surface area contributed by atoms with Crippen molar-refractivity contribution in [3.05, 3.63) is 30.3 Å². The molecule has 2 unspecified atom stereocenters.